The molecule has 19 heavy (non-hydrogen) atoms. The minimum absolute atomic E-state index is 0.0398. The Bertz CT molecular complexity index is 591. The van der Waals surface area contributed by atoms with Crippen molar-refractivity contribution in [1.29, 1.82) is 0 Å². The maximum absolute atomic E-state index is 12.1. The number of nitrogen functional groups attached to an aromatic ring is 1. The molecule has 1 aromatic heterocycles. The number of benzene rings is 1. The molecule has 0 fully saturated rings. The van der Waals surface area contributed by atoms with E-state index < -0.39 is 0 Å². The lowest BCUT2D eigenvalue weighted by molar-refractivity contribution is 0.0936. The number of nitrogens with zero attached hydrogens (tertiary/aromatic N) is 1. The van der Waals surface area contributed by atoms with Gasteiger partial charge in [-0.25, -0.2) is 4.98 Å². The lowest BCUT2D eigenvalue weighted by Crippen LogP contribution is -2.33. The van der Waals surface area contributed by atoms with Gasteiger partial charge in [0.05, 0.1) is 10.2 Å². The van der Waals surface area contributed by atoms with Gasteiger partial charge < -0.3 is 11.1 Å². The molecule has 0 saturated heterocycles. The van der Waals surface area contributed by atoms with Crippen LogP contribution >= 0.6 is 11.3 Å². The van der Waals surface area contributed by atoms with Crippen LogP contribution in [0.4, 0.5) is 5.13 Å². The Kier molecular flexibility index (Phi) is 4.04. The number of hydrogen-bond donors (Lipinski definition) is 2. The first kappa shape index (κ1) is 13.8. The molecule has 102 valence electrons. The van der Waals surface area contributed by atoms with Gasteiger partial charge in [-0.15, -0.1) is 0 Å². The van der Waals surface area contributed by atoms with Gasteiger partial charge in [-0.3, -0.25) is 4.79 Å². The highest BCUT2D eigenvalue weighted by atomic mass is 32.1. The highest BCUT2D eigenvalue weighted by Crippen LogP contribution is 2.24. The molecule has 0 radical (unpaired) electrons. The van der Waals surface area contributed by atoms with Crippen molar-refractivity contribution < 1.29 is 4.79 Å². The molecular weight excluding hydrogens is 258 g/mol. The summed E-state index contributed by atoms with van der Waals surface area (Å²) in [5.41, 5.74) is 7.16. The quantitative estimate of drug-likeness (QED) is 0.902. The molecule has 4 nitrogen and oxygen atoms in total. The van der Waals surface area contributed by atoms with Gasteiger partial charge in [-0.2, -0.15) is 0 Å². The summed E-state index contributed by atoms with van der Waals surface area (Å²) >= 11 is 1.40. The molecule has 1 aromatic carbocycles. The largest absolute Gasteiger partial charge is 0.375 e. The minimum atomic E-state index is -0.0398. The molecule has 3 N–H and O–H groups in total. The fraction of sp³-hybridized carbons (Fsp3) is 0.429. The number of carbonyl (C=O) groups is 1. The third kappa shape index (κ3) is 3.44. The summed E-state index contributed by atoms with van der Waals surface area (Å²) in [4.78, 5) is 16.3. The van der Waals surface area contributed by atoms with Crippen LogP contribution in [-0.2, 0) is 0 Å². The maximum atomic E-state index is 12.1. The third-order valence-corrected chi connectivity index (χ3v) is 3.72. The number of aromatic nitrogens is 1. The van der Waals surface area contributed by atoms with Gasteiger partial charge >= 0.3 is 0 Å². The summed E-state index contributed by atoms with van der Waals surface area (Å²) < 4.78 is 0.946. The predicted octanol–water partition coefficient (Wildman–Crippen LogP) is 3.04. The number of amides is 1. The van der Waals surface area contributed by atoms with Crippen molar-refractivity contribution in [2.24, 2.45) is 5.92 Å². The molecule has 0 aliphatic carbocycles. The number of nitrogens with two attached hydrogens (primary N) is 1. The minimum Gasteiger partial charge on any atom is -0.375 e. The van der Waals surface area contributed by atoms with E-state index >= 15 is 0 Å². The van der Waals surface area contributed by atoms with E-state index in [1.54, 1.807) is 6.07 Å². The van der Waals surface area contributed by atoms with Crippen LogP contribution in [0.1, 0.15) is 37.6 Å². The Hall–Kier alpha value is -1.62. The van der Waals surface area contributed by atoms with E-state index in [1.165, 1.54) is 11.3 Å². The molecule has 0 bridgehead atoms. The van der Waals surface area contributed by atoms with Crippen LogP contribution in [0, 0.1) is 5.92 Å². The van der Waals surface area contributed by atoms with Crippen molar-refractivity contribution in [3.05, 3.63) is 23.8 Å². The Morgan fingerprint density at radius 1 is 1.42 bits per heavy atom. The average Bonchev–Trinajstić information content (AvgIpc) is 2.66. The average molecular weight is 277 g/mol. The zero-order valence-corrected chi connectivity index (χ0v) is 12.3. The van der Waals surface area contributed by atoms with E-state index in [0.29, 0.717) is 16.6 Å². The van der Waals surface area contributed by atoms with E-state index in [2.05, 4.69) is 24.1 Å². The van der Waals surface area contributed by atoms with Crippen LogP contribution in [0.5, 0.6) is 0 Å². The molecule has 0 spiro atoms. The topological polar surface area (TPSA) is 68.0 Å². The van der Waals surface area contributed by atoms with Crippen LogP contribution in [0.25, 0.3) is 10.2 Å². The van der Waals surface area contributed by atoms with Gasteiger partial charge in [0, 0.05) is 11.6 Å². The highest BCUT2D eigenvalue weighted by molar-refractivity contribution is 7.22. The molecule has 2 rings (SSSR count). The molecule has 1 unspecified atom stereocenters. The first-order valence-corrected chi connectivity index (χ1v) is 7.24. The van der Waals surface area contributed by atoms with Crippen LogP contribution in [0.2, 0.25) is 0 Å². The summed E-state index contributed by atoms with van der Waals surface area (Å²) in [7, 11) is 0. The highest BCUT2D eigenvalue weighted by Gasteiger charge is 2.12. The standard InChI is InChI=1S/C14H19N3OS/c1-8(2)6-9(3)16-13(18)10-4-5-11-12(7-10)19-14(15)17-11/h4-5,7-9H,6H2,1-3H3,(H2,15,17)(H,16,18). The second kappa shape index (κ2) is 5.57. The number of carbonyl (C=O) groups excluding carboxylic acids is 1. The van der Waals surface area contributed by atoms with Crippen molar-refractivity contribution >= 4 is 32.6 Å². The second-order valence-electron chi connectivity index (χ2n) is 5.24. The molecule has 0 aliphatic rings. The molecule has 5 heteroatoms. The van der Waals surface area contributed by atoms with Gasteiger partial charge in [0.25, 0.3) is 5.91 Å². The normalized spacial score (nSPS) is 12.8. The number of fused-ring (bicyclic) bond motifs is 1. The molecule has 0 aliphatic heterocycles. The van der Waals surface area contributed by atoms with E-state index in [0.717, 1.165) is 16.6 Å². The number of hydrogen-bond acceptors (Lipinski definition) is 4. The molecule has 0 saturated carbocycles. The van der Waals surface area contributed by atoms with Crippen molar-refractivity contribution in [2.45, 2.75) is 33.2 Å². The SMILES string of the molecule is CC(C)CC(C)NC(=O)c1ccc2nc(N)sc2c1. The Labute approximate surface area is 117 Å². The first-order chi connectivity index (χ1) is 8.95. The van der Waals surface area contributed by atoms with Crippen molar-refractivity contribution in [3.63, 3.8) is 0 Å². The van der Waals surface area contributed by atoms with Gasteiger partial charge in [0.1, 0.15) is 0 Å². The monoisotopic (exact) mass is 277 g/mol. The van der Waals surface area contributed by atoms with E-state index in [-0.39, 0.29) is 11.9 Å². The summed E-state index contributed by atoms with van der Waals surface area (Å²) in [6.45, 7) is 6.32. The Morgan fingerprint density at radius 2 is 2.16 bits per heavy atom. The van der Waals surface area contributed by atoms with E-state index in [4.69, 9.17) is 5.73 Å². The van der Waals surface area contributed by atoms with Gasteiger partial charge in [0.2, 0.25) is 0 Å². The van der Waals surface area contributed by atoms with E-state index in [1.807, 2.05) is 19.1 Å². The van der Waals surface area contributed by atoms with Gasteiger partial charge in [-0.05, 0) is 37.5 Å². The first-order valence-electron chi connectivity index (χ1n) is 6.42. The van der Waals surface area contributed by atoms with Crippen molar-refractivity contribution in [3.8, 4) is 0 Å². The van der Waals surface area contributed by atoms with Gasteiger partial charge in [0.15, 0.2) is 5.13 Å². The molecular formula is C14H19N3OS. The summed E-state index contributed by atoms with van der Waals surface area (Å²) in [5, 5.41) is 3.54. The van der Waals surface area contributed by atoms with Crippen LogP contribution in [0.15, 0.2) is 18.2 Å². The number of thiazole rings is 1. The number of nitrogens with one attached hydrogen (secondary N) is 1. The molecule has 1 atom stereocenters. The molecule has 2 aromatic rings. The third-order valence-electron chi connectivity index (χ3n) is 2.87. The lowest BCUT2D eigenvalue weighted by Gasteiger charge is -2.15. The van der Waals surface area contributed by atoms with Crippen molar-refractivity contribution in [1.82, 2.24) is 10.3 Å². The fourth-order valence-corrected chi connectivity index (χ4v) is 2.93. The lowest BCUT2D eigenvalue weighted by atomic mass is 10.0. The zero-order valence-electron chi connectivity index (χ0n) is 11.4. The molecule has 1 heterocycles. The number of anilines is 1. The Morgan fingerprint density at radius 3 is 2.84 bits per heavy atom. The van der Waals surface area contributed by atoms with E-state index in [9.17, 15) is 4.79 Å². The Balaban J connectivity index is 2.12. The summed E-state index contributed by atoms with van der Waals surface area (Å²) in [6, 6.07) is 5.65. The molecule has 1 amide bonds. The van der Waals surface area contributed by atoms with Gasteiger partial charge in [-0.1, -0.05) is 25.2 Å². The second-order valence-corrected chi connectivity index (χ2v) is 6.30. The van der Waals surface area contributed by atoms with Crippen LogP contribution in [0.3, 0.4) is 0 Å². The zero-order chi connectivity index (χ0) is 14.0. The smallest absolute Gasteiger partial charge is 0.251 e. The predicted molar refractivity (Wildman–Crippen MR) is 80.4 cm³/mol. The maximum Gasteiger partial charge on any atom is 0.251 e. The summed E-state index contributed by atoms with van der Waals surface area (Å²) in [5.74, 6) is 0.529. The summed E-state index contributed by atoms with van der Waals surface area (Å²) in [6.07, 6.45) is 0.974. The van der Waals surface area contributed by atoms with Crippen LogP contribution < -0.4 is 11.1 Å². The van der Waals surface area contributed by atoms with Crippen LogP contribution in [-0.4, -0.2) is 16.9 Å². The fourth-order valence-electron chi connectivity index (χ4n) is 2.16. The van der Waals surface area contributed by atoms with Crippen molar-refractivity contribution in [2.75, 3.05) is 5.73 Å². The number of rotatable bonds is 4.